The molecule has 0 rings (SSSR count). The van der Waals surface area contributed by atoms with Gasteiger partial charge in [0.25, 0.3) is 0 Å². The van der Waals surface area contributed by atoms with E-state index in [0.29, 0.717) is 26.1 Å². The smallest absolute Gasteiger partial charge is 0.307 e. The van der Waals surface area contributed by atoms with E-state index in [1.54, 1.807) is 0 Å². The summed E-state index contributed by atoms with van der Waals surface area (Å²) >= 11 is 0. The summed E-state index contributed by atoms with van der Waals surface area (Å²) in [4.78, 5) is 26.9. The van der Waals surface area contributed by atoms with Crippen LogP contribution in [0, 0.1) is 0 Å². The number of rotatable bonds is 15. The molecule has 0 amide bonds. The van der Waals surface area contributed by atoms with Gasteiger partial charge in [-0.1, -0.05) is 12.8 Å². The molecule has 142 valence electrons. The highest BCUT2D eigenvalue weighted by Gasteiger charge is 2.06. The molecule has 0 aliphatic rings. The van der Waals surface area contributed by atoms with Gasteiger partial charge in [0.05, 0.1) is 26.1 Å². The van der Waals surface area contributed by atoms with Gasteiger partial charge in [0.2, 0.25) is 0 Å². The molecule has 0 radical (unpaired) electrons. The fourth-order valence-corrected chi connectivity index (χ4v) is 2.37. The summed E-state index contributed by atoms with van der Waals surface area (Å²) in [5, 5.41) is 0. The summed E-state index contributed by atoms with van der Waals surface area (Å²) in [6.07, 6.45) is 5.61. The largest absolute Gasteiger partial charge is 0.466 e. The molecule has 0 heterocycles. The second kappa shape index (κ2) is 15.4. The van der Waals surface area contributed by atoms with Gasteiger partial charge >= 0.3 is 11.9 Å². The topological polar surface area (TPSA) is 59.1 Å². The van der Waals surface area contributed by atoms with Crippen molar-refractivity contribution in [2.24, 2.45) is 0 Å². The van der Waals surface area contributed by atoms with Crippen molar-refractivity contribution in [3.8, 4) is 0 Å². The van der Waals surface area contributed by atoms with Gasteiger partial charge in [-0.3, -0.25) is 9.59 Å². The van der Waals surface area contributed by atoms with E-state index in [0.717, 1.165) is 39.0 Å². The zero-order valence-electron chi connectivity index (χ0n) is 16.0. The average Bonchev–Trinajstić information content (AvgIpc) is 2.54. The van der Waals surface area contributed by atoms with E-state index in [1.807, 2.05) is 27.9 Å². The Kier molecular flexibility index (Phi) is 14.7. The number of unbranched alkanes of at least 4 members (excludes halogenated alkanes) is 3. The Balaban J connectivity index is 3.46. The molecule has 6 nitrogen and oxygen atoms in total. The molecule has 0 aliphatic heterocycles. The van der Waals surface area contributed by atoms with Crippen LogP contribution in [0.4, 0.5) is 0 Å². The molecule has 0 saturated heterocycles. The van der Waals surface area contributed by atoms with Crippen molar-refractivity contribution < 1.29 is 19.1 Å². The Labute approximate surface area is 147 Å². The fraction of sp³-hybridized carbons (Fsp3) is 0.889. The van der Waals surface area contributed by atoms with Crippen LogP contribution in [0.3, 0.4) is 0 Å². The summed E-state index contributed by atoms with van der Waals surface area (Å²) < 4.78 is 9.84. The highest BCUT2D eigenvalue weighted by atomic mass is 16.5. The van der Waals surface area contributed by atoms with Crippen LogP contribution in [0.2, 0.25) is 0 Å². The van der Waals surface area contributed by atoms with E-state index in [2.05, 4.69) is 9.80 Å². The Morgan fingerprint density at radius 2 is 1.04 bits per heavy atom. The van der Waals surface area contributed by atoms with Crippen LogP contribution in [0.25, 0.3) is 0 Å². The Morgan fingerprint density at radius 1 is 0.667 bits per heavy atom. The summed E-state index contributed by atoms with van der Waals surface area (Å²) in [5.41, 5.74) is 0. The standard InChI is InChI=1S/C18H36N2O4/c1-5-23-17(21)11-15-19(3)13-9-7-8-10-14-20(4)16-12-18(22)24-6-2/h5-16H2,1-4H3. The van der Waals surface area contributed by atoms with Gasteiger partial charge in [0.1, 0.15) is 0 Å². The van der Waals surface area contributed by atoms with Crippen LogP contribution in [-0.2, 0) is 19.1 Å². The molecule has 0 N–H and O–H groups in total. The van der Waals surface area contributed by atoms with Crippen LogP contribution < -0.4 is 0 Å². The molecule has 24 heavy (non-hydrogen) atoms. The lowest BCUT2D eigenvalue weighted by Crippen LogP contribution is -2.24. The quantitative estimate of drug-likeness (QED) is 0.336. The molecule has 0 bridgehead atoms. The predicted octanol–water partition coefficient (Wildman–Crippen LogP) is 2.32. The van der Waals surface area contributed by atoms with Crippen LogP contribution >= 0.6 is 0 Å². The minimum Gasteiger partial charge on any atom is -0.466 e. The number of hydrogen-bond donors (Lipinski definition) is 0. The molecule has 0 saturated carbocycles. The molecular formula is C18H36N2O4. The van der Waals surface area contributed by atoms with Crippen LogP contribution in [0.15, 0.2) is 0 Å². The number of hydrogen-bond acceptors (Lipinski definition) is 6. The highest BCUT2D eigenvalue weighted by Crippen LogP contribution is 2.03. The van der Waals surface area contributed by atoms with E-state index in [1.165, 1.54) is 12.8 Å². The van der Waals surface area contributed by atoms with Crippen molar-refractivity contribution in [1.29, 1.82) is 0 Å². The summed E-state index contributed by atoms with van der Waals surface area (Å²) in [6.45, 7) is 8.11. The van der Waals surface area contributed by atoms with Crippen molar-refractivity contribution in [2.45, 2.75) is 52.4 Å². The van der Waals surface area contributed by atoms with Gasteiger partial charge in [-0.05, 0) is 53.9 Å². The first-order valence-corrected chi connectivity index (χ1v) is 9.17. The lowest BCUT2D eigenvalue weighted by atomic mass is 10.2. The number of esters is 2. The van der Waals surface area contributed by atoms with E-state index < -0.39 is 0 Å². The van der Waals surface area contributed by atoms with Crippen molar-refractivity contribution in [3.05, 3.63) is 0 Å². The van der Waals surface area contributed by atoms with E-state index in [9.17, 15) is 9.59 Å². The second-order valence-electron chi connectivity index (χ2n) is 6.13. The van der Waals surface area contributed by atoms with E-state index >= 15 is 0 Å². The van der Waals surface area contributed by atoms with Crippen LogP contribution in [0.1, 0.15) is 52.4 Å². The van der Waals surface area contributed by atoms with Gasteiger partial charge in [0, 0.05) is 13.1 Å². The third-order valence-electron chi connectivity index (χ3n) is 3.84. The van der Waals surface area contributed by atoms with Crippen molar-refractivity contribution in [3.63, 3.8) is 0 Å². The first kappa shape index (κ1) is 22.9. The lowest BCUT2D eigenvalue weighted by molar-refractivity contribution is -0.144. The zero-order chi connectivity index (χ0) is 18.2. The number of carbonyl (C=O) groups is 2. The summed E-state index contributed by atoms with van der Waals surface area (Å²) in [6, 6.07) is 0. The molecule has 0 aromatic heterocycles. The van der Waals surface area contributed by atoms with Gasteiger partial charge < -0.3 is 19.3 Å². The first-order chi connectivity index (χ1) is 11.5. The molecule has 0 fully saturated rings. The average molecular weight is 344 g/mol. The molecule has 0 aromatic rings. The van der Waals surface area contributed by atoms with Crippen molar-refractivity contribution in [2.75, 3.05) is 53.5 Å². The molecule has 0 spiro atoms. The molecular weight excluding hydrogens is 308 g/mol. The number of carbonyl (C=O) groups excluding carboxylic acids is 2. The molecule has 0 unspecified atom stereocenters. The Hall–Kier alpha value is -1.14. The Morgan fingerprint density at radius 3 is 1.38 bits per heavy atom. The Bertz CT molecular complexity index is 305. The minimum atomic E-state index is -0.116. The zero-order valence-corrected chi connectivity index (χ0v) is 16.0. The SMILES string of the molecule is CCOC(=O)CCN(C)CCCCCCN(C)CCC(=O)OCC. The monoisotopic (exact) mass is 344 g/mol. The van der Waals surface area contributed by atoms with Crippen molar-refractivity contribution >= 4 is 11.9 Å². The van der Waals surface area contributed by atoms with Gasteiger partial charge in [0.15, 0.2) is 0 Å². The maximum atomic E-state index is 11.3. The van der Waals surface area contributed by atoms with Gasteiger partial charge in [-0.2, -0.15) is 0 Å². The van der Waals surface area contributed by atoms with E-state index in [-0.39, 0.29) is 11.9 Å². The molecule has 0 aliphatic carbocycles. The molecule has 6 heteroatoms. The predicted molar refractivity (Wildman–Crippen MR) is 96.0 cm³/mol. The molecule has 0 atom stereocenters. The summed E-state index contributed by atoms with van der Waals surface area (Å²) in [7, 11) is 4.09. The number of ether oxygens (including phenoxy) is 2. The van der Waals surface area contributed by atoms with Crippen LogP contribution in [-0.4, -0.2) is 75.2 Å². The third kappa shape index (κ3) is 14.5. The second-order valence-corrected chi connectivity index (χ2v) is 6.13. The third-order valence-corrected chi connectivity index (χ3v) is 3.84. The lowest BCUT2D eigenvalue weighted by Gasteiger charge is -2.17. The number of nitrogens with zero attached hydrogens (tertiary/aromatic N) is 2. The normalized spacial score (nSPS) is 11.1. The van der Waals surface area contributed by atoms with Crippen molar-refractivity contribution in [1.82, 2.24) is 9.80 Å². The van der Waals surface area contributed by atoms with Gasteiger partial charge in [-0.25, -0.2) is 0 Å². The maximum absolute atomic E-state index is 11.3. The molecule has 0 aromatic carbocycles. The fourth-order valence-electron chi connectivity index (χ4n) is 2.37. The maximum Gasteiger partial charge on any atom is 0.307 e. The minimum absolute atomic E-state index is 0.116. The first-order valence-electron chi connectivity index (χ1n) is 9.17. The highest BCUT2D eigenvalue weighted by molar-refractivity contribution is 5.69. The van der Waals surface area contributed by atoms with Gasteiger partial charge in [-0.15, -0.1) is 0 Å². The van der Waals surface area contributed by atoms with Crippen LogP contribution in [0.5, 0.6) is 0 Å². The summed E-state index contributed by atoms with van der Waals surface area (Å²) in [5.74, 6) is -0.231. The van der Waals surface area contributed by atoms with E-state index in [4.69, 9.17) is 9.47 Å².